The molecule has 1 aromatic carbocycles. The summed E-state index contributed by atoms with van der Waals surface area (Å²) in [6.07, 6.45) is 3.82. The Morgan fingerprint density at radius 2 is 1.94 bits per heavy atom. The zero-order valence-corrected chi connectivity index (χ0v) is 10.1. The molecule has 0 bridgehead atoms. The number of pyridine rings is 1. The molecule has 0 aliphatic heterocycles. The van der Waals surface area contributed by atoms with E-state index in [-0.39, 0.29) is 5.78 Å². The third-order valence-electron chi connectivity index (χ3n) is 2.89. The number of Topliss-reactive ketones (excluding diaryl/α,β-unsaturated/α-hetero) is 1. The highest BCUT2D eigenvalue weighted by atomic mass is 16.1. The van der Waals surface area contributed by atoms with E-state index in [1.165, 1.54) is 0 Å². The summed E-state index contributed by atoms with van der Waals surface area (Å²) in [6, 6.07) is 11.7. The first kappa shape index (κ1) is 11.8. The molecule has 0 amide bonds. The van der Waals surface area contributed by atoms with Crippen LogP contribution in [0.25, 0.3) is 10.9 Å². The van der Waals surface area contributed by atoms with E-state index in [0.717, 1.165) is 30.2 Å². The predicted octanol–water partition coefficient (Wildman–Crippen LogP) is 4.00. The monoisotopic (exact) mass is 227 g/mol. The van der Waals surface area contributed by atoms with E-state index in [4.69, 9.17) is 0 Å². The number of ketones is 1. The van der Waals surface area contributed by atoms with Gasteiger partial charge in [-0.15, -0.1) is 0 Å². The van der Waals surface area contributed by atoms with Gasteiger partial charge in [0.1, 0.15) is 5.69 Å². The van der Waals surface area contributed by atoms with Crippen molar-refractivity contribution < 1.29 is 4.79 Å². The smallest absolute Gasteiger partial charge is 0.181 e. The number of carbonyl (C=O) groups is 1. The third-order valence-corrected chi connectivity index (χ3v) is 2.89. The Balaban J connectivity index is 2.15. The third kappa shape index (κ3) is 2.90. The second-order valence-electron chi connectivity index (χ2n) is 4.27. The molecule has 0 aliphatic carbocycles. The van der Waals surface area contributed by atoms with E-state index in [1.54, 1.807) is 0 Å². The lowest BCUT2D eigenvalue weighted by Gasteiger charge is -2.02. The van der Waals surface area contributed by atoms with Gasteiger partial charge < -0.3 is 0 Å². The van der Waals surface area contributed by atoms with Crippen molar-refractivity contribution in [1.82, 2.24) is 4.98 Å². The number of para-hydroxylation sites is 1. The van der Waals surface area contributed by atoms with Crippen LogP contribution < -0.4 is 0 Å². The maximum Gasteiger partial charge on any atom is 0.181 e. The number of hydrogen-bond donors (Lipinski definition) is 0. The Hall–Kier alpha value is -1.70. The summed E-state index contributed by atoms with van der Waals surface area (Å²) < 4.78 is 0. The van der Waals surface area contributed by atoms with Gasteiger partial charge in [0.05, 0.1) is 5.52 Å². The fraction of sp³-hybridized carbons (Fsp3) is 0.333. The minimum Gasteiger partial charge on any atom is -0.292 e. The normalized spacial score (nSPS) is 10.6. The zero-order chi connectivity index (χ0) is 12.1. The molecule has 88 valence electrons. The van der Waals surface area contributed by atoms with Gasteiger partial charge in [-0.3, -0.25) is 4.79 Å². The fourth-order valence-electron chi connectivity index (χ4n) is 1.88. The van der Waals surface area contributed by atoms with Gasteiger partial charge in [0.2, 0.25) is 0 Å². The van der Waals surface area contributed by atoms with Crippen molar-refractivity contribution in [2.24, 2.45) is 0 Å². The standard InChI is InChI=1S/C15H17NO/c1-2-3-4-9-15(17)14-11-10-12-7-5-6-8-13(12)16-14/h5-8,10-11H,2-4,9H2,1H3. The summed E-state index contributed by atoms with van der Waals surface area (Å²) in [7, 11) is 0. The summed E-state index contributed by atoms with van der Waals surface area (Å²) in [5.41, 5.74) is 1.49. The van der Waals surface area contributed by atoms with Crippen LogP contribution in [0.3, 0.4) is 0 Å². The lowest BCUT2D eigenvalue weighted by Crippen LogP contribution is -2.01. The first-order chi connectivity index (χ1) is 8.31. The molecule has 0 saturated carbocycles. The van der Waals surface area contributed by atoms with Gasteiger partial charge in [-0.1, -0.05) is 44.0 Å². The van der Waals surface area contributed by atoms with Crippen LogP contribution in [0.2, 0.25) is 0 Å². The summed E-state index contributed by atoms with van der Waals surface area (Å²) in [4.78, 5) is 16.3. The number of hydrogen-bond acceptors (Lipinski definition) is 2. The van der Waals surface area contributed by atoms with Gasteiger partial charge in [-0.2, -0.15) is 0 Å². The van der Waals surface area contributed by atoms with E-state index in [1.807, 2.05) is 36.4 Å². The molecule has 2 heteroatoms. The van der Waals surface area contributed by atoms with Crippen molar-refractivity contribution in [3.05, 3.63) is 42.1 Å². The predicted molar refractivity (Wildman–Crippen MR) is 70.2 cm³/mol. The SMILES string of the molecule is CCCCCC(=O)c1ccc2ccccc2n1. The van der Waals surface area contributed by atoms with Crippen molar-refractivity contribution in [2.45, 2.75) is 32.6 Å². The molecule has 0 radical (unpaired) electrons. The minimum absolute atomic E-state index is 0.157. The quantitative estimate of drug-likeness (QED) is 0.571. The van der Waals surface area contributed by atoms with E-state index in [2.05, 4.69) is 11.9 Å². The van der Waals surface area contributed by atoms with Crippen molar-refractivity contribution >= 4 is 16.7 Å². The molecule has 2 nitrogen and oxygen atoms in total. The second-order valence-corrected chi connectivity index (χ2v) is 4.27. The van der Waals surface area contributed by atoms with Crippen LogP contribution in [0, 0.1) is 0 Å². The number of carbonyl (C=O) groups excluding carboxylic acids is 1. The van der Waals surface area contributed by atoms with Gasteiger partial charge in [-0.25, -0.2) is 4.98 Å². The Bertz CT molecular complexity index is 519. The summed E-state index contributed by atoms with van der Waals surface area (Å²) >= 11 is 0. The van der Waals surface area contributed by atoms with Crippen LogP contribution in [-0.2, 0) is 0 Å². The molecule has 0 fully saturated rings. The average Bonchev–Trinajstić information content (AvgIpc) is 2.38. The lowest BCUT2D eigenvalue weighted by molar-refractivity contribution is 0.0975. The number of nitrogens with zero attached hydrogens (tertiary/aromatic N) is 1. The first-order valence-corrected chi connectivity index (χ1v) is 6.20. The zero-order valence-electron chi connectivity index (χ0n) is 10.1. The Labute approximate surface area is 102 Å². The van der Waals surface area contributed by atoms with Crippen LogP contribution in [0.15, 0.2) is 36.4 Å². The number of unbranched alkanes of at least 4 members (excludes halogenated alkanes) is 2. The number of benzene rings is 1. The molecule has 1 aromatic heterocycles. The van der Waals surface area contributed by atoms with Gasteiger partial charge in [-0.05, 0) is 18.6 Å². The average molecular weight is 227 g/mol. The molecule has 1 heterocycles. The van der Waals surface area contributed by atoms with Crippen LogP contribution >= 0.6 is 0 Å². The molecule has 0 N–H and O–H groups in total. The molecule has 0 saturated heterocycles. The molecule has 0 aliphatic rings. The van der Waals surface area contributed by atoms with Crippen LogP contribution in [0.4, 0.5) is 0 Å². The van der Waals surface area contributed by atoms with Crippen molar-refractivity contribution in [3.8, 4) is 0 Å². The summed E-state index contributed by atoms with van der Waals surface area (Å²) in [5, 5.41) is 1.08. The molecule has 2 rings (SSSR count). The van der Waals surface area contributed by atoms with E-state index >= 15 is 0 Å². The maximum absolute atomic E-state index is 11.9. The molecular weight excluding hydrogens is 210 g/mol. The van der Waals surface area contributed by atoms with Gasteiger partial charge in [0.15, 0.2) is 5.78 Å². The van der Waals surface area contributed by atoms with Crippen LogP contribution in [-0.4, -0.2) is 10.8 Å². The van der Waals surface area contributed by atoms with Crippen molar-refractivity contribution in [3.63, 3.8) is 0 Å². The van der Waals surface area contributed by atoms with Crippen LogP contribution in [0.1, 0.15) is 43.1 Å². The summed E-state index contributed by atoms with van der Waals surface area (Å²) in [5.74, 6) is 0.157. The topological polar surface area (TPSA) is 30.0 Å². The maximum atomic E-state index is 11.9. The van der Waals surface area contributed by atoms with E-state index < -0.39 is 0 Å². The molecule has 0 spiro atoms. The molecule has 17 heavy (non-hydrogen) atoms. The van der Waals surface area contributed by atoms with E-state index in [0.29, 0.717) is 12.1 Å². The molecule has 0 atom stereocenters. The number of rotatable bonds is 5. The van der Waals surface area contributed by atoms with E-state index in [9.17, 15) is 4.79 Å². The van der Waals surface area contributed by atoms with Gasteiger partial charge in [0, 0.05) is 11.8 Å². The lowest BCUT2D eigenvalue weighted by atomic mass is 10.1. The second kappa shape index (κ2) is 5.58. The highest BCUT2D eigenvalue weighted by molar-refractivity contribution is 5.96. The number of aromatic nitrogens is 1. The van der Waals surface area contributed by atoms with Gasteiger partial charge >= 0.3 is 0 Å². The highest BCUT2D eigenvalue weighted by Crippen LogP contribution is 2.13. The fourth-order valence-corrected chi connectivity index (χ4v) is 1.88. The van der Waals surface area contributed by atoms with Crippen molar-refractivity contribution in [1.29, 1.82) is 0 Å². The summed E-state index contributed by atoms with van der Waals surface area (Å²) in [6.45, 7) is 2.14. The molecule has 0 unspecified atom stereocenters. The highest BCUT2D eigenvalue weighted by Gasteiger charge is 2.07. The van der Waals surface area contributed by atoms with Crippen molar-refractivity contribution in [2.75, 3.05) is 0 Å². The Morgan fingerprint density at radius 3 is 2.76 bits per heavy atom. The van der Waals surface area contributed by atoms with Crippen LogP contribution in [0.5, 0.6) is 0 Å². The first-order valence-electron chi connectivity index (χ1n) is 6.20. The largest absolute Gasteiger partial charge is 0.292 e. The Kier molecular flexibility index (Phi) is 3.86. The minimum atomic E-state index is 0.157. The Morgan fingerprint density at radius 1 is 1.12 bits per heavy atom. The molecule has 2 aromatic rings. The molecular formula is C15H17NO. The number of fused-ring (bicyclic) bond motifs is 1. The van der Waals surface area contributed by atoms with Gasteiger partial charge in [0.25, 0.3) is 0 Å².